The van der Waals surface area contributed by atoms with Crippen LogP contribution in [0.2, 0.25) is 0 Å². The molecule has 0 aromatic heterocycles. The van der Waals surface area contributed by atoms with Crippen molar-refractivity contribution in [3.05, 3.63) is 29.6 Å². The molecule has 94 valence electrons. The molecule has 0 aliphatic heterocycles. The average molecular weight is 240 g/mol. The third-order valence-electron chi connectivity index (χ3n) is 2.50. The van der Waals surface area contributed by atoms with E-state index in [1.54, 1.807) is 4.90 Å². The van der Waals surface area contributed by atoms with E-state index in [1.165, 1.54) is 12.1 Å². The van der Waals surface area contributed by atoms with Gasteiger partial charge < -0.3 is 15.7 Å². The van der Waals surface area contributed by atoms with Crippen molar-refractivity contribution in [2.24, 2.45) is 0 Å². The number of aliphatic hydroxyl groups is 1. The standard InChI is InChI=1S/C12H17FN2O2/c1-2-15(6-3-7-16)12(17)10-5-4-9(13)8-11(10)14/h4-5,8,16H,2-3,6-7,14H2,1H3. The second kappa shape index (κ2) is 6.20. The molecule has 0 aliphatic carbocycles. The molecule has 3 N–H and O–H groups in total. The Morgan fingerprint density at radius 3 is 2.76 bits per heavy atom. The second-order valence-corrected chi connectivity index (χ2v) is 3.69. The van der Waals surface area contributed by atoms with Crippen molar-refractivity contribution in [1.82, 2.24) is 4.90 Å². The maximum Gasteiger partial charge on any atom is 0.255 e. The van der Waals surface area contributed by atoms with Gasteiger partial charge in [-0.2, -0.15) is 0 Å². The number of anilines is 1. The highest BCUT2D eigenvalue weighted by Crippen LogP contribution is 2.15. The topological polar surface area (TPSA) is 66.6 Å². The molecule has 0 radical (unpaired) electrons. The van der Waals surface area contributed by atoms with Crippen molar-refractivity contribution in [3.8, 4) is 0 Å². The summed E-state index contributed by atoms with van der Waals surface area (Å²) < 4.78 is 12.9. The molecule has 17 heavy (non-hydrogen) atoms. The van der Waals surface area contributed by atoms with Crippen molar-refractivity contribution in [2.45, 2.75) is 13.3 Å². The van der Waals surface area contributed by atoms with E-state index >= 15 is 0 Å². The van der Waals surface area contributed by atoms with Crippen molar-refractivity contribution in [1.29, 1.82) is 0 Å². The Bertz CT molecular complexity index is 396. The highest BCUT2D eigenvalue weighted by atomic mass is 19.1. The number of carbonyl (C=O) groups excluding carboxylic acids is 1. The summed E-state index contributed by atoms with van der Waals surface area (Å²) in [5.41, 5.74) is 6.04. The predicted octanol–water partition coefficient (Wildman–Crippen LogP) is 1.25. The zero-order chi connectivity index (χ0) is 12.8. The molecule has 1 amide bonds. The minimum Gasteiger partial charge on any atom is -0.398 e. The van der Waals surface area contributed by atoms with E-state index in [0.29, 0.717) is 25.1 Å². The van der Waals surface area contributed by atoms with Gasteiger partial charge in [0, 0.05) is 25.4 Å². The van der Waals surface area contributed by atoms with Crippen LogP contribution in [0.25, 0.3) is 0 Å². The van der Waals surface area contributed by atoms with E-state index in [0.717, 1.165) is 6.07 Å². The Morgan fingerprint density at radius 2 is 2.24 bits per heavy atom. The van der Waals surface area contributed by atoms with Gasteiger partial charge in [0.25, 0.3) is 5.91 Å². The number of amides is 1. The largest absolute Gasteiger partial charge is 0.398 e. The Balaban J connectivity index is 2.86. The summed E-state index contributed by atoms with van der Waals surface area (Å²) in [4.78, 5) is 13.6. The van der Waals surface area contributed by atoms with Gasteiger partial charge in [0.2, 0.25) is 0 Å². The number of hydrogen-bond acceptors (Lipinski definition) is 3. The first kappa shape index (κ1) is 13.4. The molecule has 0 spiro atoms. The fraction of sp³-hybridized carbons (Fsp3) is 0.417. The Morgan fingerprint density at radius 1 is 1.53 bits per heavy atom. The molecule has 5 heteroatoms. The molecule has 1 aromatic rings. The summed E-state index contributed by atoms with van der Waals surface area (Å²) in [7, 11) is 0. The molecule has 0 bridgehead atoms. The summed E-state index contributed by atoms with van der Waals surface area (Å²) in [5.74, 6) is -0.698. The number of carbonyl (C=O) groups is 1. The van der Waals surface area contributed by atoms with E-state index in [2.05, 4.69) is 0 Å². The van der Waals surface area contributed by atoms with E-state index in [4.69, 9.17) is 10.8 Å². The molecule has 0 fully saturated rings. The number of hydrogen-bond donors (Lipinski definition) is 2. The predicted molar refractivity (Wildman–Crippen MR) is 64.1 cm³/mol. The van der Waals surface area contributed by atoms with E-state index in [9.17, 15) is 9.18 Å². The lowest BCUT2D eigenvalue weighted by Gasteiger charge is -2.21. The minimum atomic E-state index is -0.461. The van der Waals surface area contributed by atoms with E-state index in [1.807, 2.05) is 6.92 Å². The van der Waals surface area contributed by atoms with Crippen LogP contribution in [0.3, 0.4) is 0 Å². The summed E-state index contributed by atoms with van der Waals surface area (Å²) in [6, 6.07) is 3.73. The van der Waals surface area contributed by atoms with Crippen LogP contribution in [0, 0.1) is 5.82 Å². The highest BCUT2D eigenvalue weighted by molar-refractivity contribution is 5.99. The summed E-state index contributed by atoms with van der Waals surface area (Å²) in [6.45, 7) is 2.86. The average Bonchev–Trinajstić information content (AvgIpc) is 2.29. The monoisotopic (exact) mass is 240 g/mol. The third kappa shape index (κ3) is 3.42. The van der Waals surface area contributed by atoms with Crippen LogP contribution < -0.4 is 5.73 Å². The number of rotatable bonds is 5. The van der Waals surface area contributed by atoms with Gasteiger partial charge in [-0.05, 0) is 31.5 Å². The molecule has 0 heterocycles. The van der Waals surface area contributed by atoms with Crippen LogP contribution in [0.15, 0.2) is 18.2 Å². The van der Waals surface area contributed by atoms with Gasteiger partial charge >= 0.3 is 0 Å². The molecule has 0 unspecified atom stereocenters. The SMILES string of the molecule is CCN(CCCO)C(=O)c1ccc(F)cc1N. The van der Waals surface area contributed by atoms with Crippen LogP contribution in [0.5, 0.6) is 0 Å². The van der Waals surface area contributed by atoms with Crippen LogP contribution in [-0.4, -0.2) is 35.6 Å². The van der Waals surface area contributed by atoms with Crippen LogP contribution in [0.1, 0.15) is 23.7 Å². The van der Waals surface area contributed by atoms with Gasteiger partial charge in [-0.1, -0.05) is 0 Å². The molecule has 0 saturated carbocycles. The zero-order valence-corrected chi connectivity index (χ0v) is 9.82. The summed E-state index contributed by atoms with van der Waals surface area (Å²) in [6.07, 6.45) is 0.515. The molecule has 1 rings (SSSR count). The van der Waals surface area contributed by atoms with Crippen molar-refractivity contribution < 1.29 is 14.3 Å². The molecule has 0 aliphatic rings. The number of halogens is 1. The second-order valence-electron chi connectivity index (χ2n) is 3.69. The first-order chi connectivity index (χ1) is 8.10. The molecular weight excluding hydrogens is 223 g/mol. The highest BCUT2D eigenvalue weighted by Gasteiger charge is 2.16. The minimum absolute atomic E-state index is 0.0304. The van der Waals surface area contributed by atoms with Gasteiger partial charge in [-0.3, -0.25) is 4.79 Å². The molecule has 1 aromatic carbocycles. The fourth-order valence-corrected chi connectivity index (χ4v) is 1.56. The number of nitrogen functional groups attached to an aromatic ring is 1. The number of nitrogens with two attached hydrogens (primary N) is 1. The van der Waals surface area contributed by atoms with E-state index in [-0.39, 0.29) is 18.2 Å². The first-order valence-electron chi connectivity index (χ1n) is 5.55. The third-order valence-corrected chi connectivity index (χ3v) is 2.50. The maximum atomic E-state index is 12.9. The first-order valence-corrected chi connectivity index (χ1v) is 5.55. The number of aliphatic hydroxyl groups excluding tert-OH is 1. The maximum absolute atomic E-state index is 12.9. The lowest BCUT2D eigenvalue weighted by molar-refractivity contribution is 0.0755. The quantitative estimate of drug-likeness (QED) is 0.761. The van der Waals surface area contributed by atoms with Gasteiger partial charge in [0.05, 0.1) is 5.56 Å². The number of benzene rings is 1. The lowest BCUT2D eigenvalue weighted by Crippen LogP contribution is -2.32. The van der Waals surface area contributed by atoms with Crippen LogP contribution in [-0.2, 0) is 0 Å². The molecule has 0 atom stereocenters. The van der Waals surface area contributed by atoms with Gasteiger partial charge in [-0.25, -0.2) is 4.39 Å². The van der Waals surface area contributed by atoms with Crippen molar-refractivity contribution in [2.75, 3.05) is 25.4 Å². The lowest BCUT2D eigenvalue weighted by atomic mass is 10.1. The molecular formula is C12H17FN2O2. The van der Waals surface area contributed by atoms with E-state index < -0.39 is 5.82 Å². The van der Waals surface area contributed by atoms with Crippen LogP contribution in [0.4, 0.5) is 10.1 Å². The fourth-order valence-electron chi connectivity index (χ4n) is 1.56. The van der Waals surface area contributed by atoms with Gasteiger partial charge in [-0.15, -0.1) is 0 Å². The number of nitrogens with zero attached hydrogens (tertiary/aromatic N) is 1. The smallest absolute Gasteiger partial charge is 0.255 e. The van der Waals surface area contributed by atoms with Crippen molar-refractivity contribution >= 4 is 11.6 Å². The van der Waals surface area contributed by atoms with Crippen molar-refractivity contribution in [3.63, 3.8) is 0 Å². The molecule has 0 saturated heterocycles. The Labute approximate surface area is 99.8 Å². The van der Waals surface area contributed by atoms with Gasteiger partial charge in [0.15, 0.2) is 0 Å². The normalized spacial score (nSPS) is 10.3. The zero-order valence-electron chi connectivity index (χ0n) is 9.82. The summed E-state index contributed by atoms with van der Waals surface area (Å²) >= 11 is 0. The van der Waals surface area contributed by atoms with Gasteiger partial charge in [0.1, 0.15) is 5.82 Å². The summed E-state index contributed by atoms with van der Waals surface area (Å²) in [5, 5.41) is 8.74. The Kier molecular flexibility index (Phi) is 4.90. The molecule has 4 nitrogen and oxygen atoms in total. The Hall–Kier alpha value is -1.62. The van der Waals surface area contributed by atoms with Crippen LogP contribution >= 0.6 is 0 Å².